The molecule has 0 atom stereocenters. The first-order valence-corrected chi connectivity index (χ1v) is 9.10. The summed E-state index contributed by atoms with van der Waals surface area (Å²) in [6, 6.07) is 16.2. The minimum absolute atomic E-state index is 0.00506. The van der Waals surface area contributed by atoms with Crippen molar-refractivity contribution in [3.63, 3.8) is 0 Å². The third-order valence-electron chi connectivity index (χ3n) is 4.10. The van der Waals surface area contributed by atoms with Gasteiger partial charge in [-0.25, -0.2) is 4.98 Å². The summed E-state index contributed by atoms with van der Waals surface area (Å²) in [5.41, 5.74) is 1.95. The van der Waals surface area contributed by atoms with Gasteiger partial charge in [0.2, 0.25) is 5.89 Å². The summed E-state index contributed by atoms with van der Waals surface area (Å²) in [5.74, 6) is -0.289. The van der Waals surface area contributed by atoms with Crippen molar-refractivity contribution in [3.8, 4) is 11.5 Å². The number of carbonyl (C=O) groups is 1. The average Bonchev–Trinajstić information content (AvgIpc) is 3.18. The van der Waals surface area contributed by atoms with E-state index in [1.54, 1.807) is 36.5 Å². The number of benzene rings is 2. The molecule has 0 unspecified atom stereocenters. The molecular weight excluding hydrogens is 406 g/mol. The highest BCUT2D eigenvalue weighted by Gasteiger charge is 2.20. The molecule has 0 spiro atoms. The predicted molar refractivity (Wildman–Crippen MR) is 114 cm³/mol. The van der Waals surface area contributed by atoms with Crippen LogP contribution in [0, 0.1) is 10.1 Å². The smallest absolute Gasteiger partial charge is 0.282 e. The molecule has 9 nitrogen and oxygen atoms in total. The fourth-order valence-electron chi connectivity index (χ4n) is 2.78. The molecule has 148 valence electrons. The molecule has 30 heavy (non-hydrogen) atoms. The molecule has 2 heterocycles. The van der Waals surface area contributed by atoms with Gasteiger partial charge in [0.15, 0.2) is 16.3 Å². The highest BCUT2D eigenvalue weighted by atomic mass is 32.1. The maximum Gasteiger partial charge on any atom is 0.282 e. The molecule has 10 heteroatoms. The van der Waals surface area contributed by atoms with Gasteiger partial charge in [-0.15, -0.1) is 0 Å². The maximum atomic E-state index is 12.4. The topological polar surface area (TPSA) is 123 Å². The molecule has 0 bridgehead atoms. The van der Waals surface area contributed by atoms with Crippen LogP contribution in [-0.2, 0) is 0 Å². The second kappa shape index (κ2) is 8.05. The second-order valence-electron chi connectivity index (χ2n) is 6.11. The lowest BCUT2D eigenvalue weighted by molar-refractivity contribution is -0.385. The van der Waals surface area contributed by atoms with Gasteiger partial charge in [0, 0.05) is 23.5 Å². The van der Waals surface area contributed by atoms with Crippen LogP contribution in [0.1, 0.15) is 10.4 Å². The standard InChI is InChI=1S/C20H13N5O4S/c26-18(14-7-1-2-8-15(14)25(27)28)24-20(30)22-13-6-3-5-12(11-13)19-23-17-16(29-19)9-4-10-21-17/h1-11H,(H2,22,24,26,30). The van der Waals surface area contributed by atoms with Gasteiger partial charge in [0.25, 0.3) is 11.6 Å². The van der Waals surface area contributed by atoms with Crippen LogP contribution < -0.4 is 10.6 Å². The van der Waals surface area contributed by atoms with Crippen molar-refractivity contribution >= 4 is 45.8 Å². The van der Waals surface area contributed by atoms with E-state index in [2.05, 4.69) is 20.6 Å². The zero-order valence-corrected chi connectivity index (χ0v) is 16.1. The Morgan fingerprint density at radius 3 is 2.73 bits per heavy atom. The van der Waals surface area contributed by atoms with Crippen LogP contribution in [0.5, 0.6) is 0 Å². The SMILES string of the molecule is O=C(NC(=S)Nc1cccc(-c2nc3ncccc3o2)c1)c1ccccc1[N+](=O)[O-]. The summed E-state index contributed by atoms with van der Waals surface area (Å²) in [4.78, 5) is 31.3. The first kappa shape index (κ1) is 19.2. The molecule has 0 saturated heterocycles. The van der Waals surface area contributed by atoms with Crippen LogP contribution in [0.25, 0.3) is 22.7 Å². The number of pyridine rings is 1. The number of amides is 1. The van der Waals surface area contributed by atoms with Crippen molar-refractivity contribution in [2.24, 2.45) is 0 Å². The fraction of sp³-hybridized carbons (Fsp3) is 0. The number of hydrogen-bond donors (Lipinski definition) is 2. The van der Waals surface area contributed by atoms with Crippen molar-refractivity contribution in [2.75, 3.05) is 5.32 Å². The van der Waals surface area contributed by atoms with E-state index in [4.69, 9.17) is 16.6 Å². The summed E-state index contributed by atoms with van der Waals surface area (Å²) in [5, 5.41) is 16.4. The lowest BCUT2D eigenvalue weighted by Gasteiger charge is -2.10. The Bertz CT molecular complexity index is 1250. The van der Waals surface area contributed by atoms with E-state index >= 15 is 0 Å². The zero-order chi connectivity index (χ0) is 21.1. The highest BCUT2D eigenvalue weighted by molar-refractivity contribution is 7.80. The van der Waals surface area contributed by atoms with Gasteiger partial charge >= 0.3 is 0 Å². The maximum absolute atomic E-state index is 12.4. The lowest BCUT2D eigenvalue weighted by Crippen LogP contribution is -2.34. The van der Waals surface area contributed by atoms with Crippen LogP contribution in [0.3, 0.4) is 0 Å². The summed E-state index contributed by atoms with van der Waals surface area (Å²) >= 11 is 5.17. The van der Waals surface area contributed by atoms with Crippen LogP contribution in [-0.4, -0.2) is 25.9 Å². The van der Waals surface area contributed by atoms with E-state index in [9.17, 15) is 14.9 Å². The van der Waals surface area contributed by atoms with Gasteiger partial charge in [-0.2, -0.15) is 4.98 Å². The Balaban J connectivity index is 1.49. The minimum atomic E-state index is -0.680. The first-order valence-electron chi connectivity index (χ1n) is 8.69. The number of oxazole rings is 1. The quantitative estimate of drug-likeness (QED) is 0.290. The van der Waals surface area contributed by atoms with Crippen LogP contribution in [0.2, 0.25) is 0 Å². The van der Waals surface area contributed by atoms with Crippen molar-refractivity contribution in [1.29, 1.82) is 0 Å². The molecule has 2 aromatic carbocycles. The van der Waals surface area contributed by atoms with Gasteiger partial charge < -0.3 is 9.73 Å². The summed E-state index contributed by atoms with van der Waals surface area (Å²) in [6.45, 7) is 0. The highest BCUT2D eigenvalue weighted by Crippen LogP contribution is 2.25. The van der Waals surface area contributed by atoms with Crippen molar-refractivity contribution in [2.45, 2.75) is 0 Å². The Morgan fingerprint density at radius 2 is 1.93 bits per heavy atom. The Morgan fingerprint density at radius 1 is 1.10 bits per heavy atom. The van der Waals surface area contributed by atoms with E-state index in [0.29, 0.717) is 28.4 Å². The first-order chi connectivity index (χ1) is 14.5. The summed E-state index contributed by atoms with van der Waals surface area (Å²) in [7, 11) is 0. The number of hydrogen-bond acceptors (Lipinski definition) is 7. The van der Waals surface area contributed by atoms with Gasteiger partial charge in [-0.1, -0.05) is 18.2 Å². The van der Waals surface area contributed by atoms with E-state index in [-0.39, 0.29) is 16.4 Å². The van der Waals surface area contributed by atoms with E-state index in [1.165, 1.54) is 24.3 Å². The number of fused-ring (bicyclic) bond motifs is 1. The van der Waals surface area contributed by atoms with Crippen molar-refractivity contribution in [3.05, 3.63) is 82.5 Å². The van der Waals surface area contributed by atoms with E-state index < -0.39 is 10.8 Å². The lowest BCUT2D eigenvalue weighted by atomic mass is 10.1. The minimum Gasteiger partial charge on any atom is -0.434 e. The number of nitrogens with one attached hydrogen (secondary N) is 2. The molecule has 2 aromatic heterocycles. The van der Waals surface area contributed by atoms with Crippen molar-refractivity contribution in [1.82, 2.24) is 15.3 Å². The van der Waals surface area contributed by atoms with Crippen molar-refractivity contribution < 1.29 is 14.1 Å². The molecule has 4 rings (SSSR count). The molecule has 0 saturated carbocycles. The second-order valence-corrected chi connectivity index (χ2v) is 6.52. The van der Waals surface area contributed by atoms with Crippen LogP contribution in [0.15, 0.2) is 71.3 Å². The number of thiocarbonyl (C=S) groups is 1. The van der Waals surface area contributed by atoms with Gasteiger partial charge in [0.05, 0.1) is 4.92 Å². The third-order valence-corrected chi connectivity index (χ3v) is 4.31. The normalized spacial score (nSPS) is 10.5. The third kappa shape index (κ3) is 3.98. The van der Waals surface area contributed by atoms with Crippen LogP contribution >= 0.6 is 12.2 Å². The average molecular weight is 419 g/mol. The Hall–Kier alpha value is -4.18. The molecule has 0 aliphatic heterocycles. The molecule has 4 aromatic rings. The van der Waals surface area contributed by atoms with Gasteiger partial charge in [-0.05, 0) is 48.6 Å². The van der Waals surface area contributed by atoms with Crippen LogP contribution in [0.4, 0.5) is 11.4 Å². The Kier molecular flexibility index (Phi) is 5.14. The molecule has 0 radical (unpaired) electrons. The number of rotatable bonds is 4. The fourth-order valence-corrected chi connectivity index (χ4v) is 2.99. The molecular formula is C20H13N5O4S. The number of aromatic nitrogens is 2. The predicted octanol–water partition coefficient (Wildman–Crippen LogP) is 3.92. The number of nitro benzene ring substituents is 1. The number of anilines is 1. The zero-order valence-electron chi connectivity index (χ0n) is 15.2. The van der Waals surface area contributed by atoms with Gasteiger partial charge in [0.1, 0.15) is 5.56 Å². The van der Waals surface area contributed by atoms with Gasteiger partial charge in [-0.3, -0.25) is 20.2 Å². The van der Waals surface area contributed by atoms with E-state index in [0.717, 1.165) is 0 Å². The number of nitro groups is 1. The molecule has 0 fully saturated rings. The molecule has 0 aliphatic rings. The Labute approximate surface area is 174 Å². The molecule has 1 amide bonds. The monoisotopic (exact) mass is 419 g/mol. The molecule has 2 N–H and O–H groups in total. The number of carbonyl (C=O) groups excluding carboxylic acids is 1. The largest absolute Gasteiger partial charge is 0.434 e. The molecule has 0 aliphatic carbocycles. The summed E-state index contributed by atoms with van der Waals surface area (Å²) in [6.07, 6.45) is 1.63. The number of para-hydroxylation sites is 1. The summed E-state index contributed by atoms with van der Waals surface area (Å²) < 4.78 is 5.70. The van der Waals surface area contributed by atoms with E-state index in [1.807, 2.05) is 6.07 Å². The number of nitrogens with zero attached hydrogens (tertiary/aromatic N) is 3.